The Balaban J connectivity index is 5.51. The first kappa shape index (κ1) is 94.2. The van der Waals surface area contributed by atoms with Gasteiger partial charge in [-0.15, -0.1) is 0 Å². The van der Waals surface area contributed by atoms with Crippen molar-refractivity contribution in [3.63, 3.8) is 0 Å². The van der Waals surface area contributed by atoms with E-state index in [1.54, 1.807) is 18.2 Å². The first-order valence-electron chi connectivity index (χ1n) is 37.0. The molecule has 100 heavy (non-hydrogen) atoms. The van der Waals surface area contributed by atoms with Crippen LogP contribution in [0.2, 0.25) is 0 Å². The summed E-state index contributed by atoms with van der Waals surface area (Å²) in [5.74, 6) is -2.52. The zero-order chi connectivity index (χ0) is 73.2. The second-order valence-corrected chi connectivity index (χ2v) is 26.7. The van der Waals surface area contributed by atoms with Gasteiger partial charge in [-0.2, -0.15) is 0 Å². The van der Waals surface area contributed by atoms with Crippen LogP contribution in [-0.4, -0.2) is 96.7 Å². The Morgan fingerprint density at radius 3 is 0.930 bits per heavy atom. The lowest BCUT2D eigenvalue weighted by Gasteiger charge is -2.21. The van der Waals surface area contributed by atoms with Crippen LogP contribution in [0.3, 0.4) is 0 Å². The van der Waals surface area contributed by atoms with E-state index in [0.29, 0.717) is 25.7 Å². The molecule has 0 saturated carbocycles. The molecule has 0 spiro atoms. The number of ether oxygens (including phenoxy) is 4. The Morgan fingerprint density at radius 1 is 0.300 bits per heavy atom. The Labute approximate surface area is 603 Å². The minimum atomic E-state index is -5.02. The maximum atomic E-state index is 13.1. The van der Waals surface area contributed by atoms with Gasteiger partial charge in [-0.25, -0.2) is 9.13 Å². The van der Waals surface area contributed by atoms with Crippen molar-refractivity contribution in [2.45, 2.75) is 264 Å². The molecule has 0 aliphatic carbocycles. The quantitative estimate of drug-likeness (QED) is 0.0169. The number of carbonyl (C=O) groups is 4. The van der Waals surface area contributed by atoms with Gasteiger partial charge < -0.3 is 33.8 Å². The van der Waals surface area contributed by atoms with Gasteiger partial charge in [0.25, 0.3) is 0 Å². The number of allylic oxidation sites excluding steroid dienone is 28. The third-order valence-electron chi connectivity index (χ3n) is 14.4. The van der Waals surface area contributed by atoms with Crippen LogP contribution < -0.4 is 0 Å². The number of phosphoric acid groups is 2. The molecule has 19 heteroatoms. The number of unbranched alkanes of at least 4 members (excludes halogenated alkanes) is 13. The molecule has 564 valence electrons. The van der Waals surface area contributed by atoms with Crippen molar-refractivity contribution in [1.82, 2.24) is 0 Å². The molecule has 0 saturated heterocycles. The second kappa shape index (κ2) is 71.6. The van der Waals surface area contributed by atoms with E-state index < -0.39 is 97.5 Å². The van der Waals surface area contributed by atoms with Crippen molar-refractivity contribution in [2.24, 2.45) is 0 Å². The van der Waals surface area contributed by atoms with Crippen molar-refractivity contribution < 1.29 is 80.2 Å². The van der Waals surface area contributed by atoms with E-state index in [-0.39, 0.29) is 25.7 Å². The largest absolute Gasteiger partial charge is 0.472 e. The third kappa shape index (κ3) is 70.6. The summed E-state index contributed by atoms with van der Waals surface area (Å²) in [6.07, 6.45) is 85.3. The average molecular weight is 1440 g/mol. The Morgan fingerprint density at radius 2 is 0.570 bits per heavy atom. The molecule has 17 nitrogen and oxygen atoms in total. The molecular formula is C81H128O17P2. The SMILES string of the molecule is CC/C=C\C/C=C\C/C=C\C/C=C\C/C=C\CC(=O)OCC(COP(=O)(O)OCC(O)COP(=O)(O)OCC(COC(=O)CCCCCCCCC/C=C\C/C=C\C/C=C\CC)OC(=O)C/C=C\C/C=C\C/C=C\C/C=C\C/C=C\CC)OC(=O)CCCCCCC/C=C\C/C=C\CCC. The fourth-order valence-electron chi connectivity index (χ4n) is 8.89. The molecule has 5 atom stereocenters. The van der Waals surface area contributed by atoms with Gasteiger partial charge in [-0.05, 0) is 135 Å². The summed E-state index contributed by atoms with van der Waals surface area (Å²) in [4.78, 5) is 72.7. The van der Waals surface area contributed by atoms with Gasteiger partial charge in [-0.3, -0.25) is 37.3 Å². The molecule has 0 fully saturated rings. The first-order chi connectivity index (χ1) is 48.7. The highest BCUT2D eigenvalue weighted by Crippen LogP contribution is 2.45. The molecule has 0 amide bonds. The summed E-state index contributed by atoms with van der Waals surface area (Å²) in [6.45, 7) is 4.16. The highest BCUT2D eigenvalue weighted by Gasteiger charge is 2.30. The van der Waals surface area contributed by atoms with E-state index in [4.69, 9.17) is 37.0 Å². The minimum Gasteiger partial charge on any atom is -0.462 e. The summed E-state index contributed by atoms with van der Waals surface area (Å²) >= 11 is 0. The molecule has 0 aliphatic rings. The molecule has 0 aromatic rings. The molecule has 0 radical (unpaired) electrons. The third-order valence-corrected chi connectivity index (χ3v) is 16.3. The summed E-state index contributed by atoms with van der Waals surface area (Å²) in [5.41, 5.74) is 0. The van der Waals surface area contributed by atoms with Crippen LogP contribution in [0, 0.1) is 0 Å². The van der Waals surface area contributed by atoms with Crippen molar-refractivity contribution in [1.29, 1.82) is 0 Å². The lowest BCUT2D eigenvalue weighted by molar-refractivity contribution is -0.160. The van der Waals surface area contributed by atoms with Crippen LogP contribution in [0.15, 0.2) is 182 Å². The van der Waals surface area contributed by atoms with Crippen molar-refractivity contribution in [3.8, 4) is 0 Å². The van der Waals surface area contributed by atoms with E-state index >= 15 is 0 Å². The Bertz CT molecular complexity index is 2620. The van der Waals surface area contributed by atoms with Crippen molar-refractivity contribution >= 4 is 39.5 Å². The average Bonchev–Trinajstić information content (AvgIpc) is 0.937. The monoisotopic (exact) mass is 1430 g/mol. The number of esters is 4. The van der Waals surface area contributed by atoms with E-state index in [2.05, 4.69) is 161 Å². The van der Waals surface area contributed by atoms with E-state index in [1.165, 1.54) is 0 Å². The number of rotatable bonds is 67. The van der Waals surface area contributed by atoms with Crippen LogP contribution in [0.4, 0.5) is 0 Å². The Kier molecular flexibility index (Phi) is 67.4. The van der Waals surface area contributed by atoms with Crippen LogP contribution in [-0.2, 0) is 65.4 Å². The number of aliphatic hydroxyl groups is 1. The molecule has 0 aromatic heterocycles. The van der Waals surface area contributed by atoms with Crippen LogP contribution in [0.5, 0.6) is 0 Å². The summed E-state index contributed by atoms with van der Waals surface area (Å²) in [5, 5.41) is 10.6. The zero-order valence-corrected chi connectivity index (χ0v) is 63.1. The highest BCUT2D eigenvalue weighted by molar-refractivity contribution is 7.47. The maximum absolute atomic E-state index is 13.1. The van der Waals surface area contributed by atoms with Crippen LogP contribution >= 0.6 is 15.6 Å². The number of hydrogen-bond acceptors (Lipinski definition) is 15. The lowest BCUT2D eigenvalue weighted by Crippen LogP contribution is -2.30. The first-order valence-corrected chi connectivity index (χ1v) is 40.0. The van der Waals surface area contributed by atoms with Crippen LogP contribution in [0.25, 0.3) is 0 Å². The molecule has 5 unspecified atom stereocenters. The fraction of sp³-hybridized carbons (Fsp3) is 0.580. The van der Waals surface area contributed by atoms with Crippen molar-refractivity contribution in [3.05, 3.63) is 182 Å². The number of carbonyl (C=O) groups excluding carboxylic acids is 4. The van der Waals surface area contributed by atoms with Gasteiger partial charge in [0.05, 0.1) is 39.3 Å². The predicted octanol–water partition coefficient (Wildman–Crippen LogP) is 21.2. The molecule has 0 aliphatic heterocycles. The summed E-state index contributed by atoms with van der Waals surface area (Å²) in [6, 6.07) is 0. The van der Waals surface area contributed by atoms with E-state index in [0.717, 1.165) is 167 Å². The molecule has 3 N–H and O–H groups in total. The van der Waals surface area contributed by atoms with Crippen LogP contribution in [0.1, 0.15) is 246 Å². The predicted molar refractivity (Wildman–Crippen MR) is 408 cm³/mol. The molecular weight excluding hydrogens is 1310 g/mol. The van der Waals surface area contributed by atoms with Gasteiger partial charge in [0, 0.05) is 12.8 Å². The van der Waals surface area contributed by atoms with Gasteiger partial charge in [0.2, 0.25) is 0 Å². The van der Waals surface area contributed by atoms with Gasteiger partial charge >= 0.3 is 39.5 Å². The molecule has 0 bridgehead atoms. The number of aliphatic hydroxyl groups excluding tert-OH is 1. The summed E-state index contributed by atoms with van der Waals surface area (Å²) in [7, 11) is -10.0. The second-order valence-electron chi connectivity index (χ2n) is 23.8. The maximum Gasteiger partial charge on any atom is 0.472 e. The van der Waals surface area contributed by atoms with E-state index in [1.807, 2.05) is 30.4 Å². The fourth-order valence-corrected chi connectivity index (χ4v) is 10.5. The lowest BCUT2D eigenvalue weighted by atomic mass is 10.1. The number of hydrogen-bond donors (Lipinski definition) is 3. The van der Waals surface area contributed by atoms with Gasteiger partial charge in [0.1, 0.15) is 19.3 Å². The van der Waals surface area contributed by atoms with Gasteiger partial charge in [-0.1, -0.05) is 268 Å². The zero-order valence-electron chi connectivity index (χ0n) is 61.3. The number of phosphoric ester groups is 2. The standard InChI is InChI=1S/C81H128O17P2/c1-5-9-13-17-21-25-29-33-36-37-40-43-46-50-54-58-62-66-79(84)92-72-77(98-81(86)68-64-60-56-52-48-44-39-35-31-27-23-19-15-11-7-3)74-96-100(89,90)94-70-75(82)69-93-99(87,88)95-73-76(97-80(85)67-63-59-55-51-47-41-32-28-24-20-16-12-8-4)71-91-78(83)65-61-57-53-49-45-42-38-34-30-26-22-18-14-10-6-2/h9-11,13-16,20-23,25-28,32-36,38-39,45,48-49,52,57,60-61,64,75-77,82H,5-8,12,17-19,24,29-31,37,40-44,46-47,50-51,53-56,58-59,62-63,65-74H2,1-4H3,(H,87,88)(H,89,90)/b13-9-,14-10-,15-11-,20-16-,25-21-,26-22-,27-23-,32-28-,36-33-,38-34-,39-35-,49-45-,52-48-,61-57-,64-60-. The normalized spacial score (nSPS) is 15.0. The Hall–Kier alpha value is -5.84. The minimum absolute atomic E-state index is 0.0498. The summed E-state index contributed by atoms with van der Waals surface area (Å²) < 4.78 is 68.1. The molecule has 0 rings (SSSR count). The molecule has 0 heterocycles. The smallest absolute Gasteiger partial charge is 0.462 e. The van der Waals surface area contributed by atoms with Gasteiger partial charge in [0.15, 0.2) is 12.2 Å². The molecule has 0 aromatic carbocycles. The topological polar surface area (TPSA) is 237 Å². The highest BCUT2D eigenvalue weighted by atomic mass is 31.2. The van der Waals surface area contributed by atoms with E-state index in [9.17, 15) is 43.2 Å². The van der Waals surface area contributed by atoms with Crippen molar-refractivity contribution in [2.75, 3.05) is 39.6 Å².